The molecule has 0 bridgehead atoms. The first-order chi connectivity index (χ1) is 10.1. The molecule has 0 aliphatic heterocycles. The number of ether oxygens (including phenoxy) is 1. The zero-order valence-corrected chi connectivity index (χ0v) is 11.4. The van der Waals surface area contributed by atoms with Gasteiger partial charge < -0.3 is 9.15 Å². The number of carbonyl (C=O) groups excluding carboxylic acids is 1. The summed E-state index contributed by atoms with van der Waals surface area (Å²) in [6.45, 7) is 1.60. The smallest absolute Gasteiger partial charge is 0.204 e. The van der Waals surface area contributed by atoms with Gasteiger partial charge in [-0.15, -0.1) is 0 Å². The lowest BCUT2D eigenvalue weighted by Crippen LogP contribution is -2.11. The highest BCUT2D eigenvalue weighted by atomic mass is 19.1. The molecular weight excluding hydrogens is 271 g/mol. The minimum absolute atomic E-state index is 0.0798. The van der Waals surface area contributed by atoms with Crippen molar-refractivity contribution in [3.63, 3.8) is 0 Å². The topological polar surface area (TPSA) is 39.4 Å². The van der Waals surface area contributed by atoms with Crippen LogP contribution in [-0.4, -0.2) is 12.4 Å². The molecule has 0 saturated heterocycles. The number of fused-ring (bicyclic) bond motifs is 1. The molecular formula is C17H13FO3. The average molecular weight is 284 g/mol. The summed E-state index contributed by atoms with van der Waals surface area (Å²) < 4.78 is 24.2. The van der Waals surface area contributed by atoms with E-state index < -0.39 is 5.82 Å². The van der Waals surface area contributed by atoms with Gasteiger partial charge in [-0.3, -0.25) is 4.79 Å². The second-order valence-corrected chi connectivity index (χ2v) is 4.79. The Kier molecular flexibility index (Phi) is 3.44. The van der Waals surface area contributed by atoms with Gasteiger partial charge in [-0.2, -0.15) is 0 Å². The summed E-state index contributed by atoms with van der Waals surface area (Å²) in [5.74, 6) is -0.651. The van der Waals surface area contributed by atoms with Gasteiger partial charge in [0, 0.05) is 5.39 Å². The number of benzene rings is 2. The van der Waals surface area contributed by atoms with Crippen LogP contribution < -0.4 is 4.74 Å². The molecule has 0 amide bonds. The minimum atomic E-state index is -0.481. The summed E-state index contributed by atoms with van der Waals surface area (Å²) in [6, 6.07) is 11.8. The number of ketones is 1. The number of hydrogen-bond donors (Lipinski definition) is 0. The van der Waals surface area contributed by atoms with Crippen molar-refractivity contribution in [2.45, 2.75) is 6.92 Å². The van der Waals surface area contributed by atoms with Gasteiger partial charge in [-0.05, 0) is 30.7 Å². The van der Waals surface area contributed by atoms with Gasteiger partial charge in [0.05, 0.1) is 5.56 Å². The van der Waals surface area contributed by atoms with Crippen LogP contribution >= 0.6 is 0 Å². The Balaban J connectivity index is 1.79. The molecule has 0 aliphatic carbocycles. The Morgan fingerprint density at radius 2 is 2.05 bits per heavy atom. The molecule has 106 valence electrons. The van der Waals surface area contributed by atoms with Crippen LogP contribution in [0.3, 0.4) is 0 Å². The molecule has 0 saturated carbocycles. The Morgan fingerprint density at radius 3 is 2.90 bits per heavy atom. The normalized spacial score (nSPS) is 10.8. The van der Waals surface area contributed by atoms with E-state index in [1.54, 1.807) is 24.3 Å². The first kappa shape index (κ1) is 13.4. The molecule has 3 rings (SSSR count). The van der Waals surface area contributed by atoms with Gasteiger partial charge in [0.1, 0.15) is 11.8 Å². The summed E-state index contributed by atoms with van der Waals surface area (Å²) in [5, 5.41) is 0.732. The van der Waals surface area contributed by atoms with Gasteiger partial charge in [-0.1, -0.05) is 24.3 Å². The van der Waals surface area contributed by atoms with E-state index in [0.717, 1.165) is 10.9 Å². The van der Waals surface area contributed by atoms with Crippen molar-refractivity contribution in [3.05, 3.63) is 65.7 Å². The Bertz CT molecular complexity index is 805. The Hall–Kier alpha value is -2.62. The van der Waals surface area contributed by atoms with Crippen molar-refractivity contribution in [1.82, 2.24) is 0 Å². The lowest BCUT2D eigenvalue weighted by molar-refractivity contribution is 0.0919. The van der Waals surface area contributed by atoms with E-state index in [2.05, 4.69) is 0 Å². The zero-order chi connectivity index (χ0) is 14.8. The maximum atomic E-state index is 13.6. The van der Waals surface area contributed by atoms with Crippen molar-refractivity contribution < 1.29 is 18.3 Å². The fraction of sp³-hybridized carbons (Fsp3) is 0.118. The third-order valence-electron chi connectivity index (χ3n) is 3.23. The third kappa shape index (κ3) is 2.65. The summed E-state index contributed by atoms with van der Waals surface area (Å²) in [7, 11) is 0. The van der Waals surface area contributed by atoms with Gasteiger partial charge in [0.15, 0.2) is 18.2 Å². The second-order valence-electron chi connectivity index (χ2n) is 4.79. The fourth-order valence-electron chi connectivity index (χ4n) is 2.14. The van der Waals surface area contributed by atoms with Crippen molar-refractivity contribution in [1.29, 1.82) is 0 Å². The summed E-state index contributed by atoms with van der Waals surface area (Å²) in [5.41, 5.74) is 1.95. The number of aryl methyl sites for hydroxylation is 1. The van der Waals surface area contributed by atoms with Gasteiger partial charge in [0.2, 0.25) is 5.78 Å². The van der Waals surface area contributed by atoms with E-state index in [1.165, 1.54) is 12.3 Å². The van der Waals surface area contributed by atoms with Crippen LogP contribution in [0.4, 0.5) is 4.39 Å². The number of para-hydroxylation sites is 1. The SMILES string of the molecule is Cc1ccc(F)c(OCC(=O)c2coc3ccccc23)c1. The van der Waals surface area contributed by atoms with Crippen molar-refractivity contribution in [2.24, 2.45) is 0 Å². The predicted molar refractivity (Wildman–Crippen MR) is 77.2 cm³/mol. The number of Topliss-reactive ketones (excluding diaryl/α,β-unsaturated/α-hetero) is 1. The molecule has 0 N–H and O–H groups in total. The van der Waals surface area contributed by atoms with E-state index in [1.807, 2.05) is 19.1 Å². The molecule has 2 aromatic carbocycles. The predicted octanol–water partition coefficient (Wildman–Crippen LogP) is 4.14. The fourth-order valence-corrected chi connectivity index (χ4v) is 2.14. The quantitative estimate of drug-likeness (QED) is 0.676. The largest absolute Gasteiger partial charge is 0.482 e. The number of carbonyl (C=O) groups is 1. The van der Waals surface area contributed by atoms with Crippen molar-refractivity contribution in [3.8, 4) is 5.75 Å². The highest BCUT2D eigenvalue weighted by Crippen LogP contribution is 2.22. The maximum absolute atomic E-state index is 13.6. The van der Waals surface area contributed by atoms with Gasteiger partial charge >= 0.3 is 0 Å². The maximum Gasteiger partial charge on any atom is 0.204 e. The van der Waals surface area contributed by atoms with Crippen LogP contribution in [0.1, 0.15) is 15.9 Å². The third-order valence-corrected chi connectivity index (χ3v) is 3.23. The summed E-state index contributed by atoms with van der Waals surface area (Å²) in [4.78, 5) is 12.2. The molecule has 0 fully saturated rings. The van der Waals surface area contributed by atoms with Crippen LogP contribution in [0.15, 0.2) is 53.1 Å². The van der Waals surface area contributed by atoms with Crippen LogP contribution in [0.25, 0.3) is 11.0 Å². The molecule has 0 spiro atoms. The standard InChI is InChI=1S/C17H13FO3/c1-11-6-7-14(18)17(8-11)21-10-15(19)13-9-20-16-5-3-2-4-12(13)16/h2-9H,10H2,1H3. The molecule has 0 aliphatic rings. The second kappa shape index (κ2) is 5.40. The number of hydrogen-bond acceptors (Lipinski definition) is 3. The molecule has 4 heteroatoms. The number of rotatable bonds is 4. The first-order valence-electron chi connectivity index (χ1n) is 6.53. The van der Waals surface area contributed by atoms with Crippen LogP contribution in [-0.2, 0) is 0 Å². The monoisotopic (exact) mass is 284 g/mol. The highest BCUT2D eigenvalue weighted by Gasteiger charge is 2.15. The molecule has 0 atom stereocenters. The number of furan rings is 1. The zero-order valence-electron chi connectivity index (χ0n) is 11.4. The molecule has 3 nitrogen and oxygen atoms in total. The van der Waals surface area contributed by atoms with E-state index in [0.29, 0.717) is 11.1 Å². The van der Waals surface area contributed by atoms with Crippen molar-refractivity contribution in [2.75, 3.05) is 6.61 Å². The van der Waals surface area contributed by atoms with E-state index in [-0.39, 0.29) is 18.1 Å². The van der Waals surface area contributed by atoms with Gasteiger partial charge in [-0.25, -0.2) is 4.39 Å². The molecule has 21 heavy (non-hydrogen) atoms. The molecule has 1 aromatic heterocycles. The lowest BCUT2D eigenvalue weighted by Gasteiger charge is -2.06. The molecule has 3 aromatic rings. The lowest BCUT2D eigenvalue weighted by atomic mass is 10.1. The number of halogens is 1. The molecule has 0 unspecified atom stereocenters. The van der Waals surface area contributed by atoms with Crippen molar-refractivity contribution >= 4 is 16.8 Å². The Labute approximate surface area is 120 Å². The summed E-state index contributed by atoms with van der Waals surface area (Å²) in [6.07, 6.45) is 1.41. The van der Waals surface area contributed by atoms with E-state index in [9.17, 15) is 9.18 Å². The minimum Gasteiger partial charge on any atom is -0.482 e. The summed E-state index contributed by atoms with van der Waals surface area (Å²) >= 11 is 0. The van der Waals surface area contributed by atoms with Crippen LogP contribution in [0, 0.1) is 12.7 Å². The molecule has 0 radical (unpaired) electrons. The first-order valence-corrected chi connectivity index (χ1v) is 6.53. The highest BCUT2D eigenvalue weighted by molar-refractivity contribution is 6.07. The molecule has 1 heterocycles. The van der Waals surface area contributed by atoms with Crippen LogP contribution in [0.2, 0.25) is 0 Å². The average Bonchev–Trinajstić information content (AvgIpc) is 2.92. The van der Waals surface area contributed by atoms with E-state index in [4.69, 9.17) is 9.15 Å². The van der Waals surface area contributed by atoms with E-state index >= 15 is 0 Å². The van der Waals surface area contributed by atoms with Gasteiger partial charge in [0.25, 0.3) is 0 Å². The van der Waals surface area contributed by atoms with Crippen LogP contribution in [0.5, 0.6) is 5.75 Å². The Morgan fingerprint density at radius 1 is 1.24 bits per heavy atom.